The number of pyridine rings is 1. The van der Waals surface area contributed by atoms with Crippen LogP contribution >= 0.6 is 23.5 Å². The molecule has 1 aromatic rings. The van der Waals surface area contributed by atoms with Crippen LogP contribution in [0.25, 0.3) is 0 Å². The van der Waals surface area contributed by atoms with E-state index in [1.807, 2.05) is 41.9 Å². The third-order valence-electron chi connectivity index (χ3n) is 1.90. The average molecular weight is 256 g/mol. The predicted octanol–water partition coefficient (Wildman–Crippen LogP) is 3.16. The van der Waals surface area contributed by atoms with E-state index in [0.717, 1.165) is 23.9 Å². The van der Waals surface area contributed by atoms with Crippen LogP contribution in [0.1, 0.15) is 24.1 Å². The molecule has 0 aromatic carbocycles. The molecule has 2 nitrogen and oxygen atoms in total. The second-order valence-corrected chi connectivity index (χ2v) is 6.62. The zero-order valence-electron chi connectivity index (χ0n) is 9.93. The van der Waals surface area contributed by atoms with E-state index in [1.54, 1.807) is 0 Å². The lowest BCUT2D eigenvalue weighted by molar-refractivity contribution is 0.750. The van der Waals surface area contributed by atoms with Gasteiger partial charge in [-0.05, 0) is 23.8 Å². The van der Waals surface area contributed by atoms with E-state index >= 15 is 0 Å². The summed E-state index contributed by atoms with van der Waals surface area (Å²) in [5, 5.41) is 0. The first kappa shape index (κ1) is 13.9. The number of aromatic nitrogens is 1. The molecule has 0 radical (unpaired) electrons. The molecule has 1 atom stereocenters. The lowest BCUT2D eigenvalue weighted by Gasteiger charge is -2.16. The Balaban J connectivity index is 2.56. The topological polar surface area (TPSA) is 38.9 Å². The standard InChI is InChI=1S/C12H20N2S2/c1-10(2)9-16-12(15-8-6-13)11-5-3-4-7-14-11/h3-5,7,10,12H,6,8-9,13H2,1-2H3. The number of hydrogen-bond acceptors (Lipinski definition) is 4. The summed E-state index contributed by atoms with van der Waals surface area (Å²) in [5.41, 5.74) is 6.72. The number of nitrogens with two attached hydrogens (primary N) is 1. The highest BCUT2D eigenvalue weighted by molar-refractivity contribution is 8.16. The van der Waals surface area contributed by atoms with Gasteiger partial charge in [0.25, 0.3) is 0 Å². The molecule has 0 bridgehead atoms. The largest absolute Gasteiger partial charge is 0.330 e. The van der Waals surface area contributed by atoms with Gasteiger partial charge in [-0.15, -0.1) is 23.5 Å². The third-order valence-corrected chi connectivity index (χ3v) is 5.13. The molecular formula is C12H20N2S2. The predicted molar refractivity (Wildman–Crippen MR) is 75.8 cm³/mol. The van der Waals surface area contributed by atoms with E-state index in [9.17, 15) is 0 Å². The van der Waals surface area contributed by atoms with Crippen molar-refractivity contribution in [2.24, 2.45) is 11.7 Å². The van der Waals surface area contributed by atoms with Crippen LogP contribution in [0.3, 0.4) is 0 Å². The molecule has 0 saturated carbocycles. The Labute approximate surface area is 107 Å². The summed E-state index contributed by atoms with van der Waals surface area (Å²) in [6.45, 7) is 5.22. The molecule has 0 amide bonds. The van der Waals surface area contributed by atoms with E-state index in [1.165, 1.54) is 5.75 Å². The molecule has 1 rings (SSSR count). The van der Waals surface area contributed by atoms with Gasteiger partial charge in [0.15, 0.2) is 0 Å². The minimum Gasteiger partial charge on any atom is -0.330 e. The Morgan fingerprint density at radius 2 is 2.12 bits per heavy atom. The smallest absolute Gasteiger partial charge is 0.0922 e. The van der Waals surface area contributed by atoms with Crippen molar-refractivity contribution in [3.05, 3.63) is 30.1 Å². The van der Waals surface area contributed by atoms with Gasteiger partial charge in [0.05, 0.1) is 10.3 Å². The fraction of sp³-hybridized carbons (Fsp3) is 0.583. The van der Waals surface area contributed by atoms with Crippen LogP contribution in [-0.4, -0.2) is 23.0 Å². The van der Waals surface area contributed by atoms with Gasteiger partial charge >= 0.3 is 0 Å². The lowest BCUT2D eigenvalue weighted by atomic mass is 10.3. The van der Waals surface area contributed by atoms with Crippen molar-refractivity contribution < 1.29 is 0 Å². The Hall–Kier alpha value is -0.190. The Morgan fingerprint density at radius 3 is 2.69 bits per heavy atom. The zero-order chi connectivity index (χ0) is 11.8. The van der Waals surface area contributed by atoms with Crippen LogP contribution in [-0.2, 0) is 0 Å². The fourth-order valence-corrected chi connectivity index (χ4v) is 3.63. The molecule has 0 spiro atoms. The average Bonchev–Trinajstić information content (AvgIpc) is 2.30. The SMILES string of the molecule is CC(C)CSC(SCCN)c1ccccn1. The van der Waals surface area contributed by atoms with Crippen molar-refractivity contribution in [1.82, 2.24) is 4.98 Å². The van der Waals surface area contributed by atoms with Gasteiger partial charge in [-0.25, -0.2) is 0 Å². The number of thioether (sulfide) groups is 2. The molecule has 0 fully saturated rings. The first-order valence-electron chi connectivity index (χ1n) is 5.58. The molecule has 1 aromatic heterocycles. The van der Waals surface area contributed by atoms with Crippen molar-refractivity contribution >= 4 is 23.5 Å². The van der Waals surface area contributed by atoms with Crippen molar-refractivity contribution in [3.63, 3.8) is 0 Å². The van der Waals surface area contributed by atoms with E-state index in [-0.39, 0.29) is 0 Å². The highest BCUT2D eigenvalue weighted by Gasteiger charge is 2.13. The summed E-state index contributed by atoms with van der Waals surface area (Å²) in [5.74, 6) is 2.88. The van der Waals surface area contributed by atoms with Gasteiger partial charge in [-0.1, -0.05) is 19.9 Å². The molecule has 0 saturated heterocycles. The van der Waals surface area contributed by atoms with Crippen molar-refractivity contribution in [2.75, 3.05) is 18.1 Å². The second-order valence-electron chi connectivity index (χ2n) is 3.97. The number of hydrogen-bond donors (Lipinski definition) is 1. The first-order valence-corrected chi connectivity index (χ1v) is 7.68. The molecule has 4 heteroatoms. The van der Waals surface area contributed by atoms with E-state index in [0.29, 0.717) is 4.58 Å². The van der Waals surface area contributed by atoms with Crippen LogP contribution in [0.2, 0.25) is 0 Å². The zero-order valence-corrected chi connectivity index (χ0v) is 11.6. The highest BCUT2D eigenvalue weighted by Crippen LogP contribution is 2.38. The van der Waals surface area contributed by atoms with Gasteiger partial charge in [0.2, 0.25) is 0 Å². The highest BCUT2D eigenvalue weighted by atomic mass is 32.2. The summed E-state index contributed by atoms with van der Waals surface area (Å²) < 4.78 is 0.423. The van der Waals surface area contributed by atoms with Crippen LogP contribution in [0, 0.1) is 5.92 Å². The second kappa shape index (κ2) is 7.98. The molecular weight excluding hydrogens is 236 g/mol. The van der Waals surface area contributed by atoms with Crippen LogP contribution in [0.15, 0.2) is 24.4 Å². The maximum absolute atomic E-state index is 5.56. The molecule has 1 unspecified atom stereocenters. The Kier molecular flexibility index (Phi) is 6.92. The minimum atomic E-state index is 0.423. The molecule has 90 valence electrons. The summed E-state index contributed by atoms with van der Waals surface area (Å²) in [6, 6.07) is 6.11. The molecule has 0 aliphatic carbocycles. The molecule has 2 N–H and O–H groups in total. The van der Waals surface area contributed by atoms with Crippen molar-refractivity contribution in [2.45, 2.75) is 18.4 Å². The minimum absolute atomic E-state index is 0.423. The van der Waals surface area contributed by atoms with Gasteiger partial charge < -0.3 is 5.73 Å². The Bertz CT molecular complexity index is 278. The molecule has 1 heterocycles. The quantitative estimate of drug-likeness (QED) is 0.761. The molecule has 0 aliphatic heterocycles. The maximum atomic E-state index is 5.56. The first-order chi connectivity index (χ1) is 7.74. The lowest BCUT2D eigenvalue weighted by Crippen LogP contribution is -2.05. The fourth-order valence-electron chi connectivity index (χ4n) is 1.19. The molecule has 16 heavy (non-hydrogen) atoms. The van der Waals surface area contributed by atoms with Gasteiger partial charge in [0.1, 0.15) is 0 Å². The van der Waals surface area contributed by atoms with Gasteiger partial charge in [-0.2, -0.15) is 0 Å². The monoisotopic (exact) mass is 256 g/mol. The summed E-state index contributed by atoms with van der Waals surface area (Å²) in [6.07, 6.45) is 1.86. The maximum Gasteiger partial charge on any atom is 0.0922 e. The summed E-state index contributed by atoms with van der Waals surface area (Å²) >= 11 is 3.86. The summed E-state index contributed by atoms with van der Waals surface area (Å²) in [7, 11) is 0. The van der Waals surface area contributed by atoms with Crippen molar-refractivity contribution in [1.29, 1.82) is 0 Å². The van der Waals surface area contributed by atoms with Gasteiger partial charge in [-0.3, -0.25) is 4.98 Å². The normalized spacial score (nSPS) is 13.0. The number of rotatable bonds is 7. The summed E-state index contributed by atoms with van der Waals surface area (Å²) in [4.78, 5) is 4.43. The van der Waals surface area contributed by atoms with Crippen LogP contribution in [0.4, 0.5) is 0 Å². The van der Waals surface area contributed by atoms with Crippen LogP contribution in [0.5, 0.6) is 0 Å². The van der Waals surface area contributed by atoms with E-state index < -0.39 is 0 Å². The van der Waals surface area contributed by atoms with Crippen molar-refractivity contribution in [3.8, 4) is 0 Å². The molecule has 0 aliphatic rings. The van der Waals surface area contributed by atoms with Gasteiger partial charge in [0, 0.05) is 18.5 Å². The van der Waals surface area contributed by atoms with Crippen LogP contribution < -0.4 is 5.73 Å². The third kappa shape index (κ3) is 5.23. The van der Waals surface area contributed by atoms with E-state index in [2.05, 4.69) is 24.9 Å². The Morgan fingerprint density at radius 1 is 1.31 bits per heavy atom. The van der Waals surface area contributed by atoms with E-state index in [4.69, 9.17) is 5.73 Å². The number of nitrogens with zero attached hydrogens (tertiary/aromatic N) is 1.